The third-order valence-electron chi connectivity index (χ3n) is 4.50. The van der Waals surface area contributed by atoms with Gasteiger partial charge < -0.3 is 10.2 Å². The Kier molecular flexibility index (Phi) is 4.44. The first kappa shape index (κ1) is 15.7. The Labute approximate surface area is 137 Å². The van der Waals surface area contributed by atoms with E-state index >= 15 is 0 Å². The molecule has 2 aliphatic heterocycles. The number of hydrogen-bond donors (Lipinski definition) is 1. The molecule has 0 atom stereocenters. The molecule has 3 rings (SSSR count). The van der Waals surface area contributed by atoms with Crippen molar-refractivity contribution in [1.82, 2.24) is 4.90 Å². The van der Waals surface area contributed by atoms with Crippen LogP contribution in [-0.2, 0) is 17.8 Å². The van der Waals surface area contributed by atoms with Gasteiger partial charge in [0.25, 0.3) is 0 Å². The lowest BCUT2D eigenvalue weighted by Gasteiger charge is -2.25. The van der Waals surface area contributed by atoms with Crippen molar-refractivity contribution < 1.29 is 4.79 Å². The Morgan fingerprint density at radius 3 is 2.96 bits per heavy atom. The second-order valence-corrected chi connectivity index (χ2v) is 6.41. The zero-order chi connectivity index (χ0) is 16.3. The molecule has 0 spiro atoms. The fourth-order valence-electron chi connectivity index (χ4n) is 2.98. The maximum Gasteiger partial charge on any atom is 0.224 e. The summed E-state index contributed by atoms with van der Waals surface area (Å²) in [6, 6.07) is 6.20. The first-order chi connectivity index (χ1) is 11.1. The molecule has 1 aromatic carbocycles. The standard InChI is InChI=1S/C18H22N4O/c1-3-4-9-18(20-21-18)10-7-17(23)19-16-6-5-14-8-11-22(2)13-15(14)12-16/h1,5-6,12H,4,7-11,13H2,2H3,(H,19,23). The van der Waals surface area contributed by atoms with Crippen molar-refractivity contribution in [3.05, 3.63) is 29.3 Å². The average Bonchev–Trinajstić information content (AvgIpc) is 3.31. The maximum atomic E-state index is 12.1. The molecule has 0 aliphatic carbocycles. The van der Waals surface area contributed by atoms with Gasteiger partial charge in [0.15, 0.2) is 5.66 Å². The molecule has 0 fully saturated rings. The van der Waals surface area contributed by atoms with Crippen molar-refractivity contribution in [2.75, 3.05) is 18.9 Å². The fourth-order valence-corrected chi connectivity index (χ4v) is 2.98. The lowest BCUT2D eigenvalue weighted by atomic mass is 9.99. The number of anilines is 1. The normalized spacial score (nSPS) is 18.1. The van der Waals surface area contributed by atoms with Crippen LogP contribution in [0.4, 0.5) is 5.69 Å². The zero-order valence-corrected chi connectivity index (χ0v) is 13.5. The van der Waals surface area contributed by atoms with Crippen molar-refractivity contribution in [2.45, 2.75) is 44.3 Å². The van der Waals surface area contributed by atoms with Crippen molar-refractivity contribution in [1.29, 1.82) is 0 Å². The van der Waals surface area contributed by atoms with Crippen LogP contribution in [0.2, 0.25) is 0 Å². The predicted molar refractivity (Wildman–Crippen MR) is 90.0 cm³/mol. The number of nitrogens with one attached hydrogen (secondary N) is 1. The first-order valence-corrected chi connectivity index (χ1v) is 8.08. The van der Waals surface area contributed by atoms with E-state index in [9.17, 15) is 4.79 Å². The highest BCUT2D eigenvalue weighted by Crippen LogP contribution is 2.37. The Bertz CT molecular complexity index is 668. The predicted octanol–water partition coefficient (Wildman–Crippen LogP) is 2.97. The number of nitrogens with zero attached hydrogens (tertiary/aromatic N) is 3. The number of likely N-dealkylation sites (N-methyl/N-ethyl adjacent to an activating group) is 1. The fraction of sp³-hybridized carbons (Fsp3) is 0.500. The third-order valence-corrected chi connectivity index (χ3v) is 4.50. The summed E-state index contributed by atoms with van der Waals surface area (Å²) >= 11 is 0. The van der Waals surface area contributed by atoms with Crippen molar-refractivity contribution in [2.24, 2.45) is 10.2 Å². The van der Waals surface area contributed by atoms with Gasteiger partial charge in [-0.15, -0.1) is 12.3 Å². The van der Waals surface area contributed by atoms with E-state index in [0.29, 0.717) is 19.3 Å². The van der Waals surface area contributed by atoms with E-state index in [-0.39, 0.29) is 11.6 Å². The molecule has 0 saturated carbocycles. The molecule has 0 bridgehead atoms. The Morgan fingerprint density at radius 1 is 1.39 bits per heavy atom. The maximum absolute atomic E-state index is 12.1. The quantitative estimate of drug-likeness (QED) is 0.821. The van der Waals surface area contributed by atoms with Crippen LogP contribution in [-0.4, -0.2) is 30.1 Å². The number of fused-ring (bicyclic) bond motifs is 1. The van der Waals surface area contributed by atoms with Crippen LogP contribution in [0.25, 0.3) is 0 Å². The minimum Gasteiger partial charge on any atom is -0.326 e. The highest BCUT2D eigenvalue weighted by atomic mass is 16.1. The van der Waals surface area contributed by atoms with Gasteiger partial charge in [0.1, 0.15) is 0 Å². The molecular weight excluding hydrogens is 288 g/mol. The summed E-state index contributed by atoms with van der Waals surface area (Å²) < 4.78 is 0. The van der Waals surface area contributed by atoms with Gasteiger partial charge in [-0.25, -0.2) is 0 Å². The van der Waals surface area contributed by atoms with E-state index in [0.717, 1.165) is 31.6 Å². The largest absolute Gasteiger partial charge is 0.326 e. The molecule has 5 nitrogen and oxygen atoms in total. The molecule has 1 amide bonds. The molecule has 2 aliphatic rings. The van der Waals surface area contributed by atoms with Crippen LogP contribution in [0.15, 0.2) is 28.4 Å². The molecular formula is C18H22N4O. The van der Waals surface area contributed by atoms with Crippen LogP contribution in [0.1, 0.15) is 36.8 Å². The van der Waals surface area contributed by atoms with Gasteiger partial charge in [-0.2, -0.15) is 10.2 Å². The van der Waals surface area contributed by atoms with Gasteiger partial charge in [-0.05, 0) is 36.7 Å². The van der Waals surface area contributed by atoms with Gasteiger partial charge in [0.05, 0.1) is 0 Å². The first-order valence-electron chi connectivity index (χ1n) is 8.08. The molecule has 0 saturated heterocycles. The Hall–Kier alpha value is -2.19. The second kappa shape index (κ2) is 6.51. The summed E-state index contributed by atoms with van der Waals surface area (Å²) in [5, 5.41) is 11.1. The van der Waals surface area contributed by atoms with Crippen LogP contribution >= 0.6 is 0 Å². The lowest BCUT2D eigenvalue weighted by molar-refractivity contribution is -0.116. The van der Waals surface area contributed by atoms with E-state index in [1.54, 1.807) is 0 Å². The highest BCUT2D eigenvalue weighted by Gasteiger charge is 2.39. The second-order valence-electron chi connectivity index (χ2n) is 6.41. The number of carbonyl (C=O) groups is 1. The molecule has 120 valence electrons. The third kappa shape index (κ3) is 3.96. The summed E-state index contributed by atoms with van der Waals surface area (Å²) in [7, 11) is 2.12. The van der Waals surface area contributed by atoms with Crippen LogP contribution in [0.5, 0.6) is 0 Å². The molecule has 0 unspecified atom stereocenters. The number of rotatable bonds is 6. The lowest BCUT2D eigenvalue weighted by Crippen LogP contribution is -2.26. The number of terminal acetylenes is 1. The summed E-state index contributed by atoms with van der Waals surface area (Å²) in [4.78, 5) is 14.4. The van der Waals surface area contributed by atoms with Crippen LogP contribution < -0.4 is 5.32 Å². The topological polar surface area (TPSA) is 57.1 Å². The molecule has 2 heterocycles. The Morgan fingerprint density at radius 2 is 2.22 bits per heavy atom. The van der Waals surface area contributed by atoms with E-state index in [1.165, 1.54) is 11.1 Å². The number of carbonyl (C=O) groups excluding carboxylic acids is 1. The van der Waals surface area contributed by atoms with Crippen molar-refractivity contribution in [3.63, 3.8) is 0 Å². The molecule has 0 aromatic heterocycles. The van der Waals surface area contributed by atoms with Crippen molar-refractivity contribution >= 4 is 11.6 Å². The molecule has 23 heavy (non-hydrogen) atoms. The van der Waals surface area contributed by atoms with E-state index < -0.39 is 0 Å². The number of hydrogen-bond acceptors (Lipinski definition) is 4. The van der Waals surface area contributed by atoms with Crippen molar-refractivity contribution in [3.8, 4) is 12.3 Å². The Balaban J connectivity index is 1.52. The van der Waals surface area contributed by atoms with Gasteiger partial charge in [0.2, 0.25) is 5.91 Å². The van der Waals surface area contributed by atoms with E-state index in [2.05, 4.69) is 45.5 Å². The summed E-state index contributed by atoms with van der Waals surface area (Å²) in [6.45, 7) is 2.03. The average molecular weight is 310 g/mol. The molecule has 1 aromatic rings. The molecule has 5 heteroatoms. The minimum atomic E-state index is -0.387. The minimum absolute atomic E-state index is 0.00602. The van der Waals surface area contributed by atoms with Gasteiger partial charge >= 0.3 is 0 Å². The van der Waals surface area contributed by atoms with E-state index in [1.807, 2.05) is 6.07 Å². The van der Waals surface area contributed by atoms with Gasteiger partial charge in [-0.1, -0.05) is 6.07 Å². The molecule has 1 N–H and O–H groups in total. The SMILES string of the molecule is C#CCCC1(CCC(=O)Nc2ccc3c(c2)CN(C)CC3)N=N1. The summed E-state index contributed by atoms with van der Waals surface area (Å²) in [6.07, 6.45) is 8.77. The number of benzene rings is 1. The number of amides is 1. The van der Waals surface area contributed by atoms with Crippen LogP contribution in [0, 0.1) is 12.3 Å². The zero-order valence-electron chi connectivity index (χ0n) is 13.5. The molecule has 0 radical (unpaired) electrons. The van der Waals surface area contributed by atoms with Crippen LogP contribution in [0.3, 0.4) is 0 Å². The monoisotopic (exact) mass is 310 g/mol. The summed E-state index contributed by atoms with van der Waals surface area (Å²) in [5.74, 6) is 2.61. The van der Waals surface area contributed by atoms with Gasteiger partial charge in [-0.3, -0.25) is 4.79 Å². The highest BCUT2D eigenvalue weighted by molar-refractivity contribution is 5.90. The smallest absolute Gasteiger partial charge is 0.224 e. The van der Waals surface area contributed by atoms with Gasteiger partial charge in [0, 0.05) is 44.5 Å². The summed E-state index contributed by atoms with van der Waals surface area (Å²) in [5.41, 5.74) is 3.16. The van der Waals surface area contributed by atoms with E-state index in [4.69, 9.17) is 6.42 Å².